The maximum Gasteiger partial charge on any atom is 0.258 e. The number of rotatable bonds is 4. The van der Waals surface area contributed by atoms with Crippen LogP contribution in [-0.2, 0) is 23.0 Å². The lowest BCUT2D eigenvalue weighted by Crippen LogP contribution is -2.28. The number of aryl methyl sites for hydroxylation is 1. The quantitative estimate of drug-likeness (QED) is 0.669. The molecule has 1 aliphatic rings. The van der Waals surface area contributed by atoms with Crippen molar-refractivity contribution >= 4 is 32.7 Å². The number of hydrogen-bond donors (Lipinski definition) is 0. The Kier molecular flexibility index (Phi) is 4.43. The van der Waals surface area contributed by atoms with Gasteiger partial charge in [0.1, 0.15) is 5.52 Å². The van der Waals surface area contributed by atoms with Crippen LogP contribution in [0.3, 0.4) is 0 Å². The van der Waals surface area contributed by atoms with Gasteiger partial charge in [-0.3, -0.25) is 4.79 Å². The third-order valence-corrected chi connectivity index (χ3v) is 6.84. The largest absolute Gasteiger partial charge is 0.308 e. The summed E-state index contributed by atoms with van der Waals surface area (Å²) in [6.07, 6.45) is 0.617. The molecule has 0 saturated heterocycles. The molecule has 0 radical (unpaired) electrons. The maximum atomic E-state index is 13.1. The molecule has 1 aliphatic heterocycles. The Bertz CT molecular complexity index is 1180. The lowest BCUT2D eigenvalue weighted by atomic mass is 10.1. The molecule has 2 aromatic carbocycles. The van der Waals surface area contributed by atoms with Crippen LogP contribution < -0.4 is 4.90 Å². The normalized spacial score (nSPS) is 14.1. The van der Waals surface area contributed by atoms with E-state index in [1.54, 1.807) is 39.9 Å². The summed E-state index contributed by atoms with van der Waals surface area (Å²) in [5.41, 5.74) is 3.71. The Morgan fingerprint density at radius 2 is 1.96 bits per heavy atom. The molecule has 9 heteroatoms. The van der Waals surface area contributed by atoms with E-state index in [2.05, 4.69) is 10.3 Å². The van der Waals surface area contributed by atoms with Crippen molar-refractivity contribution < 1.29 is 13.2 Å². The summed E-state index contributed by atoms with van der Waals surface area (Å²) >= 11 is 0. The van der Waals surface area contributed by atoms with Crippen molar-refractivity contribution in [3.05, 3.63) is 47.5 Å². The Morgan fingerprint density at radius 1 is 1.18 bits per heavy atom. The van der Waals surface area contributed by atoms with E-state index in [-0.39, 0.29) is 10.8 Å². The SMILES string of the molecule is CCn1nnc2cc(C(=O)N3CCc4cc(S(=O)(=O)N(C)C)ccc43)ccc21. The molecular weight excluding hydrogens is 378 g/mol. The number of sulfonamides is 1. The van der Waals surface area contributed by atoms with E-state index in [0.717, 1.165) is 16.8 Å². The second-order valence-electron chi connectivity index (χ2n) is 6.89. The van der Waals surface area contributed by atoms with Gasteiger partial charge in [0.15, 0.2) is 0 Å². The minimum Gasteiger partial charge on any atom is -0.308 e. The zero-order valence-electron chi connectivity index (χ0n) is 16.0. The number of anilines is 1. The fourth-order valence-electron chi connectivity index (χ4n) is 3.45. The molecule has 0 fully saturated rings. The molecule has 0 bridgehead atoms. The third-order valence-electron chi connectivity index (χ3n) is 5.03. The lowest BCUT2D eigenvalue weighted by Gasteiger charge is -2.18. The second kappa shape index (κ2) is 6.68. The predicted molar refractivity (Wildman–Crippen MR) is 106 cm³/mol. The highest BCUT2D eigenvalue weighted by molar-refractivity contribution is 7.89. The first-order valence-corrected chi connectivity index (χ1v) is 10.5. The summed E-state index contributed by atoms with van der Waals surface area (Å²) < 4.78 is 27.7. The second-order valence-corrected chi connectivity index (χ2v) is 9.05. The highest BCUT2D eigenvalue weighted by Crippen LogP contribution is 2.32. The van der Waals surface area contributed by atoms with E-state index in [0.29, 0.717) is 30.6 Å². The van der Waals surface area contributed by atoms with E-state index >= 15 is 0 Å². The van der Waals surface area contributed by atoms with Gasteiger partial charge in [-0.1, -0.05) is 5.21 Å². The number of hydrogen-bond acceptors (Lipinski definition) is 5. The highest BCUT2D eigenvalue weighted by atomic mass is 32.2. The molecule has 2 heterocycles. The first-order valence-electron chi connectivity index (χ1n) is 9.03. The van der Waals surface area contributed by atoms with Crippen LogP contribution in [-0.4, -0.2) is 54.3 Å². The van der Waals surface area contributed by atoms with Crippen molar-refractivity contribution in [2.75, 3.05) is 25.5 Å². The number of carbonyl (C=O) groups excluding carboxylic acids is 1. The van der Waals surface area contributed by atoms with E-state index in [1.165, 1.54) is 18.4 Å². The van der Waals surface area contributed by atoms with Gasteiger partial charge >= 0.3 is 0 Å². The van der Waals surface area contributed by atoms with Gasteiger partial charge in [0, 0.05) is 38.4 Å². The minimum atomic E-state index is -3.50. The Balaban J connectivity index is 1.66. The van der Waals surface area contributed by atoms with Crippen LogP contribution >= 0.6 is 0 Å². The van der Waals surface area contributed by atoms with Gasteiger partial charge < -0.3 is 4.90 Å². The average Bonchev–Trinajstić information content (AvgIpc) is 3.29. The van der Waals surface area contributed by atoms with Crippen molar-refractivity contribution in [3.63, 3.8) is 0 Å². The molecule has 3 aromatic rings. The fraction of sp³-hybridized carbons (Fsp3) is 0.316. The van der Waals surface area contributed by atoms with Crippen molar-refractivity contribution in [1.82, 2.24) is 19.3 Å². The van der Waals surface area contributed by atoms with Gasteiger partial charge in [0.25, 0.3) is 5.91 Å². The summed E-state index contributed by atoms with van der Waals surface area (Å²) in [5.74, 6) is -0.130. The standard InChI is InChI=1S/C19H21N5O3S/c1-4-24-18-7-5-14(12-16(18)20-21-24)19(25)23-10-9-13-11-15(6-8-17(13)23)28(26,27)22(2)3/h5-8,11-12H,4,9-10H2,1-3H3. The van der Waals surface area contributed by atoms with Crippen LogP contribution in [0.2, 0.25) is 0 Å². The average molecular weight is 399 g/mol. The highest BCUT2D eigenvalue weighted by Gasteiger charge is 2.28. The molecule has 0 aliphatic carbocycles. The van der Waals surface area contributed by atoms with Crippen LogP contribution in [0.25, 0.3) is 11.0 Å². The van der Waals surface area contributed by atoms with Crippen molar-refractivity contribution in [1.29, 1.82) is 0 Å². The summed E-state index contributed by atoms with van der Waals surface area (Å²) in [7, 11) is -0.494. The number of nitrogens with zero attached hydrogens (tertiary/aromatic N) is 5. The number of benzene rings is 2. The molecule has 146 valence electrons. The third kappa shape index (κ3) is 2.87. The van der Waals surface area contributed by atoms with Gasteiger partial charge in [-0.25, -0.2) is 17.4 Å². The topological polar surface area (TPSA) is 88.4 Å². The molecule has 1 amide bonds. The monoisotopic (exact) mass is 399 g/mol. The van der Waals surface area contributed by atoms with Crippen molar-refractivity contribution in [2.24, 2.45) is 0 Å². The Labute approximate surface area is 163 Å². The molecule has 0 atom stereocenters. The number of fused-ring (bicyclic) bond motifs is 2. The minimum absolute atomic E-state index is 0.130. The van der Waals surface area contributed by atoms with Crippen LogP contribution in [0.4, 0.5) is 5.69 Å². The van der Waals surface area contributed by atoms with Gasteiger partial charge in [0.2, 0.25) is 10.0 Å². The van der Waals surface area contributed by atoms with Crippen molar-refractivity contribution in [3.8, 4) is 0 Å². The first kappa shape index (κ1) is 18.6. The molecule has 0 saturated carbocycles. The molecule has 0 unspecified atom stereocenters. The van der Waals surface area contributed by atoms with E-state index in [9.17, 15) is 13.2 Å². The summed E-state index contributed by atoms with van der Waals surface area (Å²) in [5, 5.41) is 8.20. The van der Waals surface area contributed by atoms with E-state index < -0.39 is 10.0 Å². The van der Waals surface area contributed by atoms with Gasteiger partial charge in [0.05, 0.1) is 10.4 Å². The molecular formula is C19H21N5O3S. The predicted octanol–water partition coefficient (Wildman–Crippen LogP) is 1.90. The lowest BCUT2D eigenvalue weighted by molar-refractivity contribution is 0.0989. The van der Waals surface area contributed by atoms with E-state index in [1.807, 2.05) is 13.0 Å². The molecule has 0 N–H and O–H groups in total. The van der Waals surface area contributed by atoms with Gasteiger partial charge in [-0.15, -0.1) is 5.10 Å². The Hall–Kier alpha value is -2.78. The van der Waals surface area contributed by atoms with Crippen LogP contribution in [0.5, 0.6) is 0 Å². The molecule has 1 aromatic heterocycles. The fourth-order valence-corrected chi connectivity index (χ4v) is 4.41. The molecule has 28 heavy (non-hydrogen) atoms. The summed E-state index contributed by atoms with van der Waals surface area (Å²) in [6, 6.07) is 10.3. The number of amides is 1. The smallest absolute Gasteiger partial charge is 0.258 e. The van der Waals surface area contributed by atoms with Crippen LogP contribution in [0, 0.1) is 0 Å². The Morgan fingerprint density at radius 3 is 2.68 bits per heavy atom. The molecule has 8 nitrogen and oxygen atoms in total. The van der Waals surface area contributed by atoms with Crippen molar-refractivity contribution in [2.45, 2.75) is 24.8 Å². The van der Waals surface area contributed by atoms with E-state index in [4.69, 9.17) is 0 Å². The summed E-state index contributed by atoms with van der Waals surface area (Å²) in [6.45, 7) is 3.21. The first-order chi connectivity index (χ1) is 13.3. The van der Waals surface area contributed by atoms with Crippen LogP contribution in [0.1, 0.15) is 22.8 Å². The number of aromatic nitrogens is 3. The molecule has 4 rings (SSSR count). The zero-order valence-corrected chi connectivity index (χ0v) is 16.8. The zero-order chi connectivity index (χ0) is 20.1. The van der Waals surface area contributed by atoms with Gasteiger partial charge in [-0.05, 0) is 55.3 Å². The van der Waals surface area contributed by atoms with Crippen LogP contribution in [0.15, 0.2) is 41.3 Å². The summed E-state index contributed by atoms with van der Waals surface area (Å²) in [4.78, 5) is 15.0. The number of carbonyl (C=O) groups is 1. The molecule has 0 spiro atoms. The maximum absolute atomic E-state index is 13.1. The van der Waals surface area contributed by atoms with Gasteiger partial charge in [-0.2, -0.15) is 0 Å².